The Labute approximate surface area is 158 Å². The quantitative estimate of drug-likeness (QED) is 0.689. The van der Waals surface area contributed by atoms with E-state index in [0.717, 1.165) is 5.39 Å². The lowest BCUT2D eigenvalue weighted by atomic mass is 10.1. The van der Waals surface area contributed by atoms with Gasteiger partial charge in [-0.05, 0) is 19.1 Å². The molecule has 0 saturated carbocycles. The van der Waals surface area contributed by atoms with Gasteiger partial charge in [-0.3, -0.25) is 4.79 Å². The van der Waals surface area contributed by atoms with E-state index < -0.39 is 0 Å². The standard InChI is InChI=1S/C17H15ClN4O3S/c1-8(20-17-22-16(25-3)14(7-19)26-17)10-4-9-5-11(18)13(24-2)6-12(9)21-15(10)23/h4-6,8H,1-3H3,(H,20,22)(H,21,23)/t8-/m0/s1. The van der Waals surface area contributed by atoms with Crippen molar-refractivity contribution in [3.8, 4) is 17.7 Å². The summed E-state index contributed by atoms with van der Waals surface area (Å²) < 4.78 is 10.2. The molecule has 134 valence electrons. The van der Waals surface area contributed by atoms with Crippen LogP contribution in [0.25, 0.3) is 10.9 Å². The number of H-pyrrole nitrogens is 1. The SMILES string of the molecule is COc1cc2[nH]c(=O)c([C@H](C)Nc3nc(OC)c(C#N)s3)cc2cc1Cl. The minimum atomic E-state index is -0.341. The number of pyridine rings is 1. The van der Waals surface area contributed by atoms with Gasteiger partial charge in [0.25, 0.3) is 5.56 Å². The minimum Gasteiger partial charge on any atom is -0.495 e. The molecule has 7 nitrogen and oxygen atoms in total. The molecule has 0 aliphatic carbocycles. The number of rotatable bonds is 5. The number of fused-ring (bicyclic) bond motifs is 1. The van der Waals surface area contributed by atoms with Crippen LogP contribution in [0, 0.1) is 11.3 Å². The number of ether oxygens (including phenoxy) is 2. The molecule has 26 heavy (non-hydrogen) atoms. The number of halogens is 1. The lowest BCUT2D eigenvalue weighted by Crippen LogP contribution is -2.19. The molecule has 0 unspecified atom stereocenters. The molecule has 9 heteroatoms. The van der Waals surface area contributed by atoms with Crippen LogP contribution in [0.15, 0.2) is 23.0 Å². The third-order valence-electron chi connectivity index (χ3n) is 3.84. The summed E-state index contributed by atoms with van der Waals surface area (Å²) in [5.74, 6) is 0.756. The molecule has 2 heterocycles. The van der Waals surface area contributed by atoms with Crippen molar-refractivity contribution < 1.29 is 9.47 Å². The second-order valence-electron chi connectivity index (χ2n) is 5.46. The molecular weight excluding hydrogens is 376 g/mol. The van der Waals surface area contributed by atoms with Crippen LogP contribution >= 0.6 is 22.9 Å². The monoisotopic (exact) mass is 390 g/mol. The van der Waals surface area contributed by atoms with Crippen LogP contribution in [0.3, 0.4) is 0 Å². The summed E-state index contributed by atoms with van der Waals surface area (Å²) in [6, 6.07) is 6.88. The van der Waals surface area contributed by atoms with E-state index in [-0.39, 0.29) is 17.5 Å². The van der Waals surface area contributed by atoms with Gasteiger partial charge in [0, 0.05) is 17.0 Å². The Morgan fingerprint density at radius 2 is 2.12 bits per heavy atom. The van der Waals surface area contributed by atoms with Gasteiger partial charge in [-0.2, -0.15) is 10.2 Å². The summed E-state index contributed by atoms with van der Waals surface area (Å²) in [4.78, 5) is 19.9. The normalized spacial score (nSPS) is 11.8. The largest absolute Gasteiger partial charge is 0.495 e. The first-order chi connectivity index (χ1) is 12.5. The zero-order chi connectivity index (χ0) is 18.8. The first-order valence-corrected chi connectivity index (χ1v) is 8.78. The Kier molecular flexibility index (Phi) is 5.02. The molecule has 3 aromatic rings. The van der Waals surface area contributed by atoms with Gasteiger partial charge >= 0.3 is 0 Å². The second kappa shape index (κ2) is 7.23. The number of anilines is 1. The Morgan fingerprint density at radius 1 is 1.35 bits per heavy atom. The fraction of sp³-hybridized carbons (Fsp3) is 0.235. The van der Waals surface area contributed by atoms with E-state index in [9.17, 15) is 4.79 Å². The highest BCUT2D eigenvalue weighted by molar-refractivity contribution is 7.16. The zero-order valence-electron chi connectivity index (χ0n) is 14.2. The van der Waals surface area contributed by atoms with Gasteiger partial charge < -0.3 is 19.8 Å². The van der Waals surface area contributed by atoms with Crippen molar-refractivity contribution in [1.82, 2.24) is 9.97 Å². The number of benzene rings is 1. The molecular formula is C17H15ClN4O3S. The number of thiazole rings is 1. The van der Waals surface area contributed by atoms with E-state index in [1.165, 1.54) is 25.6 Å². The van der Waals surface area contributed by atoms with Crippen molar-refractivity contribution in [2.24, 2.45) is 0 Å². The number of aromatic nitrogens is 2. The van der Waals surface area contributed by atoms with Crippen LogP contribution in [0.4, 0.5) is 5.13 Å². The third kappa shape index (κ3) is 3.31. The van der Waals surface area contributed by atoms with Crippen molar-refractivity contribution in [2.75, 3.05) is 19.5 Å². The van der Waals surface area contributed by atoms with Crippen LogP contribution in [-0.2, 0) is 0 Å². The molecule has 1 atom stereocenters. The summed E-state index contributed by atoms with van der Waals surface area (Å²) in [7, 11) is 2.97. The highest BCUT2D eigenvalue weighted by Gasteiger charge is 2.17. The fourth-order valence-electron chi connectivity index (χ4n) is 2.54. The molecule has 2 aromatic heterocycles. The molecule has 2 N–H and O–H groups in total. The van der Waals surface area contributed by atoms with Crippen molar-refractivity contribution in [1.29, 1.82) is 5.26 Å². The maximum Gasteiger partial charge on any atom is 0.253 e. The first-order valence-electron chi connectivity index (χ1n) is 7.58. The Balaban J connectivity index is 1.96. The van der Waals surface area contributed by atoms with E-state index in [2.05, 4.69) is 15.3 Å². The molecule has 3 rings (SSSR count). The van der Waals surface area contributed by atoms with Crippen LogP contribution in [0.1, 0.15) is 23.4 Å². The zero-order valence-corrected chi connectivity index (χ0v) is 15.8. The number of hydrogen-bond acceptors (Lipinski definition) is 7. The minimum absolute atomic E-state index is 0.231. The van der Waals surface area contributed by atoms with E-state index in [1.54, 1.807) is 18.2 Å². The van der Waals surface area contributed by atoms with Gasteiger partial charge in [0.05, 0.1) is 30.8 Å². The van der Waals surface area contributed by atoms with Gasteiger partial charge in [0.1, 0.15) is 11.8 Å². The highest BCUT2D eigenvalue weighted by atomic mass is 35.5. The smallest absolute Gasteiger partial charge is 0.253 e. The third-order valence-corrected chi connectivity index (χ3v) is 5.01. The van der Waals surface area contributed by atoms with Crippen molar-refractivity contribution >= 4 is 39.0 Å². The number of aromatic amines is 1. The summed E-state index contributed by atoms with van der Waals surface area (Å²) >= 11 is 7.34. The Hall–Kier alpha value is -2.76. The molecule has 0 radical (unpaired) electrons. The van der Waals surface area contributed by atoms with Crippen molar-refractivity contribution in [2.45, 2.75) is 13.0 Å². The van der Waals surface area contributed by atoms with Gasteiger partial charge in [0.2, 0.25) is 5.88 Å². The number of hydrogen-bond donors (Lipinski definition) is 2. The first kappa shape index (κ1) is 18.0. The Bertz CT molecular complexity index is 1070. The number of nitrogens with one attached hydrogen (secondary N) is 2. The van der Waals surface area contributed by atoms with E-state index in [0.29, 0.717) is 31.9 Å². The molecule has 0 aliphatic heterocycles. The number of nitrogens with zero attached hydrogens (tertiary/aromatic N) is 2. The van der Waals surface area contributed by atoms with Gasteiger partial charge in [0.15, 0.2) is 10.0 Å². The average Bonchev–Trinajstić information content (AvgIpc) is 3.02. The fourth-order valence-corrected chi connectivity index (χ4v) is 3.61. The summed E-state index contributed by atoms with van der Waals surface area (Å²) in [6.07, 6.45) is 0. The van der Waals surface area contributed by atoms with Crippen LogP contribution in [0.2, 0.25) is 5.02 Å². The van der Waals surface area contributed by atoms with Gasteiger partial charge in [-0.25, -0.2) is 0 Å². The predicted octanol–water partition coefficient (Wildman–Crippen LogP) is 3.70. The lowest BCUT2D eigenvalue weighted by molar-refractivity contribution is 0.400. The summed E-state index contributed by atoms with van der Waals surface area (Å²) in [5.41, 5.74) is 0.923. The molecule has 1 aromatic carbocycles. The molecule has 0 amide bonds. The van der Waals surface area contributed by atoms with E-state index in [1.807, 2.05) is 13.0 Å². The molecule has 0 bridgehead atoms. The summed E-state index contributed by atoms with van der Waals surface area (Å²) in [5, 5.41) is 14.0. The molecule has 0 saturated heterocycles. The van der Waals surface area contributed by atoms with E-state index in [4.69, 9.17) is 26.3 Å². The van der Waals surface area contributed by atoms with Crippen LogP contribution in [0.5, 0.6) is 11.6 Å². The van der Waals surface area contributed by atoms with E-state index >= 15 is 0 Å². The maximum atomic E-state index is 12.5. The van der Waals surface area contributed by atoms with Crippen molar-refractivity contribution in [3.05, 3.63) is 44.0 Å². The molecule has 0 fully saturated rings. The predicted molar refractivity (Wildman–Crippen MR) is 102 cm³/mol. The highest BCUT2D eigenvalue weighted by Crippen LogP contribution is 2.32. The molecule has 0 aliphatic rings. The second-order valence-corrected chi connectivity index (χ2v) is 6.87. The number of methoxy groups -OCH3 is 2. The lowest BCUT2D eigenvalue weighted by Gasteiger charge is -2.13. The molecule has 0 spiro atoms. The Morgan fingerprint density at radius 3 is 2.73 bits per heavy atom. The number of nitriles is 1. The van der Waals surface area contributed by atoms with Gasteiger partial charge in [-0.1, -0.05) is 22.9 Å². The average molecular weight is 391 g/mol. The van der Waals surface area contributed by atoms with Crippen LogP contribution in [-0.4, -0.2) is 24.2 Å². The maximum absolute atomic E-state index is 12.5. The van der Waals surface area contributed by atoms with Gasteiger partial charge in [-0.15, -0.1) is 0 Å². The topological polar surface area (TPSA) is 100 Å². The summed E-state index contributed by atoms with van der Waals surface area (Å²) in [6.45, 7) is 1.83. The van der Waals surface area contributed by atoms with Crippen molar-refractivity contribution in [3.63, 3.8) is 0 Å². The van der Waals surface area contributed by atoms with Crippen LogP contribution < -0.4 is 20.3 Å².